The average molecular weight is 225 g/mol. The van der Waals surface area contributed by atoms with Gasteiger partial charge in [-0.1, -0.05) is 0 Å². The largest absolute Gasteiger partial charge is 0.330 e. The molecule has 0 aromatic carbocycles. The van der Waals surface area contributed by atoms with Gasteiger partial charge in [-0.15, -0.1) is 24.8 Å². The molecule has 0 unspecified atom stereocenters. The van der Waals surface area contributed by atoms with E-state index >= 15 is 0 Å². The van der Waals surface area contributed by atoms with Crippen molar-refractivity contribution in [1.82, 2.24) is 15.2 Å². The molecule has 4 nitrogen and oxygen atoms in total. The first-order chi connectivity index (χ1) is 5.40. The lowest BCUT2D eigenvalue weighted by molar-refractivity contribution is 0.874. The van der Waals surface area contributed by atoms with E-state index in [1.165, 1.54) is 12.8 Å². The summed E-state index contributed by atoms with van der Waals surface area (Å²) < 4.78 is 0. The second kappa shape index (κ2) is 5.42. The number of aromatic amines is 1. The number of H-pyrrole nitrogens is 1. The van der Waals surface area contributed by atoms with Crippen molar-refractivity contribution >= 4 is 24.8 Å². The summed E-state index contributed by atoms with van der Waals surface area (Å²) >= 11 is 0. The van der Waals surface area contributed by atoms with Crippen molar-refractivity contribution in [2.24, 2.45) is 5.73 Å². The highest BCUT2D eigenvalue weighted by Crippen LogP contribution is 2.37. The lowest BCUT2D eigenvalue weighted by Crippen LogP contribution is -2.03. The van der Waals surface area contributed by atoms with Gasteiger partial charge >= 0.3 is 0 Å². The maximum Gasteiger partial charge on any atom is 0.153 e. The fourth-order valence-corrected chi connectivity index (χ4v) is 1.08. The number of nitrogens with two attached hydrogens (primary N) is 1. The molecule has 1 heterocycles. The smallest absolute Gasteiger partial charge is 0.153 e. The average Bonchev–Trinajstić information content (AvgIpc) is 2.75. The summed E-state index contributed by atoms with van der Waals surface area (Å²) in [6.07, 6.45) is 3.31. The molecule has 76 valence electrons. The molecule has 13 heavy (non-hydrogen) atoms. The standard InChI is InChI=1S/C7H12N4.2ClH/c8-4-3-6-9-7(11-10-6)5-1-2-5;;/h5H,1-4,8H2,(H,9,10,11);2*1H. The summed E-state index contributed by atoms with van der Waals surface area (Å²) in [5.41, 5.74) is 5.37. The number of halogens is 2. The molecule has 0 atom stereocenters. The molecule has 2 rings (SSSR count). The number of hydrogen-bond acceptors (Lipinski definition) is 3. The summed E-state index contributed by atoms with van der Waals surface area (Å²) in [5, 5.41) is 6.99. The Morgan fingerprint density at radius 3 is 2.62 bits per heavy atom. The summed E-state index contributed by atoms with van der Waals surface area (Å²) in [7, 11) is 0. The molecular weight excluding hydrogens is 211 g/mol. The highest BCUT2D eigenvalue weighted by molar-refractivity contribution is 5.85. The molecule has 1 aliphatic rings. The van der Waals surface area contributed by atoms with Gasteiger partial charge in [-0.3, -0.25) is 5.10 Å². The Hall–Kier alpha value is -0.320. The van der Waals surface area contributed by atoms with Crippen molar-refractivity contribution in [3.63, 3.8) is 0 Å². The highest BCUT2D eigenvalue weighted by atomic mass is 35.5. The van der Waals surface area contributed by atoms with Gasteiger partial charge in [0.25, 0.3) is 0 Å². The van der Waals surface area contributed by atoms with Crippen LogP contribution < -0.4 is 5.73 Å². The maximum absolute atomic E-state index is 5.37. The summed E-state index contributed by atoms with van der Waals surface area (Å²) in [4.78, 5) is 4.32. The van der Waals surface area contributed by atoms with E-state index in [1.807, 2.05) is 0 Å². The quantitative estimate of drug-likeness (QED) is 0.807. The third kappa shape index (κ3) is 3.14. The van der Waals surface area contributed by atoms with Gasteiger partial charge in [0.2, 0.25) is 0 Å². The van der Waals surface area contributed by atoms with Gasteiger partial charge in [-0.2, -0.15) is 5.10 Å². The molecule has 0 saturated heterocycles. The lowest BCUT2D eigenvalue weighted by atomic mass is 10.4. The topological polar surface area (TPSA) is 67.6 Å². The monoisotopic (exact) mass is 224 g/mol. The van der Waals surface area contributed by atoms with Crippen LogP contribution >= 0.6 is 24.8 Å². The first kappa shape index (κ1) is 12.7. The first-order valence-electron chi connectivity index (χ1n) is 4.01. The van der Waals surface area contributed by atoms with E-state index in [2.05, 4.69) is 15.2 Å². The van der Waals surface area contributed by atoms with Gasteiger partial charge < -0.3 is 5.73 Å². The second-order valence-corrected chi connectivity index (χ2v) is 2.95. The number of rotatable bonds is 3. The minimum atomic E-state index is 0. The Kier molecular flexibility index (Phi) is 5.29. The molecule has 3 N–H and O–H groups in total. The third-order valence-electron chi connectivity index (χ3n) is 1.87. The van der Waals surface area contributed by atoms with E-state index in [4.69, 9.17) is 5.73 Å². The lowest BCUT2D eigenvalue weighted by Gasteiger charge is -1.86. The normalized spacial score (nSPS) is 14.5. The molecular formula is C7H14Cl2N4. The van der Waals surface area contributed by atoms with Crippen LogP contribution in [0.1, 0.15) is 30.4 Å². The molecule has 1 fully saturated rings. The third-order valence-corrected chi connectivity index (χ3v) is 1.87. The fraction of sp³-hybridized carbons (Fsp3) is 0.714. The van der Waals surface area contributed by atoms with E-state index < -0.39 is 0 Å². The Bertz CT molecular complexity index is 246. The van der Waals surface area contributed by atoms with Crippen molar-refractivity contribution in [3.05, 3.63) is 11.6 Å². The highest BCUT2D eigenvalue weighted by Gasteiger charge is 2.27. The van der Waals surface area contributed by atoms with Crippen molar-refractivity contribution in [2.75, 3.05) is 6.54 Å². The van der Waals surface area contributed by atoms with Crippen molar-refractivity contribution < 1.29 is 0 Å². The second-order valence-electron chi connectivity index (χ2n) is 2.95. The van der Waals surface area contributed by atoms with Crippen LogP contribution in [-0.4, -0.2) is 21.7 Å². The van der Waals surface area contributed by atoms with Crippen LogP contribution in [0.5, 0.6) is 0 Å². The number of aromatic nitrogens is 3. The number of nitrogens with zero attached hydrogens (tertiary/aromatic N) is 2. The van der Waals surface area contributed by atoms with Crippen LogP contribution in [0.15, 0.2) is 0 Å². The zero-order valence-electron chi connectivity index (χ0n) is 7.19. The molecule has 0 amide bonds. The molecule has 0 spiro atoms. The predicted molar refractivity (Wildman–Crippen MR) is 55.6 cm³/mol. The molecule has 0 radical (unpaired) electrons. The van der Waals surface area contributed by atoms with Crippen LogP contribution in [0, 0.1) is 0 Å². The van der Waals surface area contributed by atoms with Gasteiger partial charge in [-0.05, 0) is 19.4 Å². The molecule has 0 bridgehead atoms. The van der Waals surface area contributed by atoms with Crippen LogP contribution in [-0.2, 0) is 6.42 Å². The zero-order valence-corrected chi connectivity index (χ0v) is 8.83. The van der Waals surface area contributed by atoms with E-state index in [9.17, 15) is 0 Å². The minimum absolute atomic E-state index is 0. The van der Waals surface area contributed by atoms with Gasteiger partial charge in [0.15, 0.2) is 5.82 Å². The van der Waals surface area contributed by atoms with Crippen LogP contribution in [0.25, 0.3) is 0 Å². The molecule has 6 heteroatoms. The zero-order chi connectivity index (χ0) is 7.68. The Morgan fingerprint density at radius 1 is 1.38 bits per heavy atom. The summed E-state index contributed by atoms with van der Waals surface area (Å²) in [6, 6.07) is 0. The van der Waals surface area contributed by atoms with Crippen LogP contribution in [0.3, 0.4) is 0 Å². The molecule has 1 aromatic heterocycles. The molecule has 0 aliphatic heterocycles. The van der Waals surface area contributed by atoms with Gasteiger partial charge in [0.1, 0.15) is 5.82 Å². The van der Waals surface area contributed by atoms with E-state index in [-0.39, 0.29) is 24.8 Å². The van der Waals surface area contributed by atoms with Crippen LogP contribution in [0.2, 0.25) is 0 Å². The first-order valence-corrected chi connectivity index (χ1v) is 4.01. The van der Waals surface area contributed by atoms with E-state index in [0.717, 1.165) is 18.1 Å². The summed E-state index contributed by atoms with van der Waals surface area (Å²) in [5.74, 6) is 2.54. The van der Waals surface area contributed by atoms with Gasteiger partial charge in [0, 0.05) is 12.3 Å². The Morgan fingerprint density at radius 2 is 2.08 bits per heavy atom. The maximum atomic E-state index is 5.37. The molecule has 1 aromatic rings. The fourth-order valence-electron chi connectivity index (χ4n) is 1.08. The van der Waals surface area contributed by atoms with Crippen molar-refractivity contribution in [2.45, 2.75) is 25.2 Å². The number of nitrogens with one attached hydrogen (secondary N) is 1. The Labute approximate surface area is 89.5 Å². The molecule has 1 aliphatic carbocycles. The molecule has 1 saturated carbocycles. The van der Waals surface area contributed by atoms with E-state index in [0.29, 0.717) is 12.5 Å². The van der Waals surface area contributed by atoms with Crippen molar-refractivity contribution in [3.8, 4) is 0 Å². The van der Waals surface area contributed by atoms with Crippen molar-refractivity contribution in [1.29, 1.82) is 0 Å². The minimum Gasteiger partial charge on any atom is -0.330 e. The predicted octanol–water partition coefficient (Wildman–Crippen LogP) is 1.03. The SMILES string of the molecule is Cl.Cl.NCCc1nc(C2CC2)n[nH]1. The number of hydrogen-bond donors (Lipinski definition) is 2. The van der Waals surface area contributed by atoms with Gasteiger partial charge in [-0.25, -0.2) is 4.98 Å². The van der Waals surface area contributed by atoms with Crippen LogP contribution in [0.4, 0.5) is 0 Å². The Balaban J connectivity index is 0.000000720. The van der Waals surface area contributed by atoms with Gasteiger partial charge in [0.05, 0.1) is 0 Å². The summed E-state index contributed by atoms with van der Waals surface area (Å²) in [6.45, 7) is 0.638. The van der Waals surface area contributed by atoms with E-state index in [1.54, 1.807) is 0 Å².